The van der Waals surface area contributed by atoms with E-state index in [1.54, 1.807) is 0 Å². The van der Waals surface area contributed by atoms with Crippen molar-refractivity contribution >= 4 is 5.91 Å². The van der Waals surface area contributed by atoms with E-state index in [1.165, 1.54) is 0 Å². The molecule has 1 aromatic carbocycles. The Morgan fingerprint density at radius 1 is 1.44 bits per heavy atom. The zero-order chi connectivity index (χ0) is 11.8. The van der Waals surface area contributed by atoms with Crippen molar-refractivity contribution in [2.75, 3.05) is 6.54 Å². The number of hydrogen-bond donors (Lipinski definition) is 1. The standard InChI is InChI=1S/C13H16N2O/c1-11-6-2-3-7-12(11)10-13(16)15-9-5-4-8-14/h2-3,6-7H,4-5,9-10H2,1H3,(H,15,16). The lowest BCUT2D eigenvalue weighted by atomic mass is 10.1. The van der Waals surface area contributed by atoms with Gasteiger partial charge in [0.05, 0.1) is 12.5 Å². The van der Waals surface area contributed by atoms with E-state index in [-0.39, 0.29) is 5.91 Å². The molecule has 0 aliphatic rings. The lowest BCUT2D eigenvalue weighted by Gasteiger charge is -2.06. The third-order valence-electron chi connectivity index (χ3n) is 2.40. The highest BCUT2D eigenvalue weighted by atomic mass is 16.1. The van der Waals surface area contributed by atoms with Crippen molar-refractivity contribution in [3.63, 3.8) is 0 Å². The van der Waals surface area contributed by atoms with E-state index in [1.807, 2.05) is 37.3 Å². The van der Waals surface area contributed by atoms with Gasteiger partial charge in [0.2, 0.25) is 5.91 Å². The minimum Gasteiger partial charge on any atom is -0.356 e. The lowest BCUT2D eigenvalue weighted by molar-refractivity contribution is -0.120. The molecule has 3 heteroatoms. The molecular formula is C13H16N2O. The van der Waals surface area contributed by atoms with E-state index in [2.05, 4.69) is 5.32 Å². The molecule has 0 heterocycles. The van der Waals surface area contributed by atoms with Gasteiger partial charge in [0.1, 0.15) is 0 Å². The smallest absolute Gasteiger partial charge is 0.224 e. The minimum absolute atomic E-state index is 0.0206. The number of nitrogens with zero attached hydrogens (tertiary/aromatic N) is 1. The Labute approximate surface area is 96.1 Å². The number of nitrogens with one attached hydrogen (secondary N) is 1. The number of amides is 1. The summed E-state index contributed by atoms with van der Waals surface area (Å²) >= 11 is 0. The molecule has 1 rings (SSSR count). The van der Waals surface area contributed by atoms with E-state index in [0.717, 1.165) is 17.5 Å². The summed E-state index contributed by atoms with van der Waals surface area (Å²) in [6.45, 7) is 2.58. The summed E-state index contributed by atoms with van der Waals surface area (Å²) in [6, 6.07) is 9.91. The van der Waals surface area contributed by atoms with Crippen LogP contribution < -0.4 is 5.32 Å². The molecule has 0 aliphatic carbocycles. The highest BCUT2D eigenvalue weighted by Crippen LogP contribution is 2.07. The average molecular weight is 216 g/mol. The molecular weight excluding hydrogens is 200 g/mol. The van der Waals surface area contributed by atoms with E-state index in [4.69, 9.17) is 5.26 Å². The van der Waals surface area contributed by atoms with Crippen LogP contribution in [0.15, 0.2) is 24.3 Å². The van der Waals surface area contributed by atoms with Gasteiger partial charge in [-0.05, 0) is 24.5 Å². The van der Waals surface area contributed by atoms with Gasteiger partial charge in [-0.15, -0.1) is 0 Å². The van der Waals surface area contributed by atoms with Crippen molar-refractivity contribution in [2.24, 2.45) is 0 Å². The number of nitriles is 1. The Morgan fingerprint density at radius 3 is 2.88 bits per heavy atom. The van der Waals surface area contributed by atoms with Crippen LogP contribution in [0.4, 0.5) is 0 Å². The number of aryl methyl sites for hydroxylation is 1. The monoisotopic (exact) mass is 216 g/mol. The second-order valence-electron chi connectivity index (χ2n) is 3.71. The van der Waals surface area contributed by atoms with Gasteiger partial charge < -0.3 is 5.32 Å². The topological polar surface area (TPSA) is 52.9 Å². The Bertz CT molecular complexity index is 393. The Balaban J connectivity index is 2.35. The van der Waals surface area contributed by atoms with Crippen molar-refractivity contribution in [3.05, 3.63) is 35.4 Å². The second-order valence-corrected chi connectivity index (χ2v) is 3.71. The lowest BCUT2D eigenvalue weighted by Crippen LogP contribution is -2.26. The van der Waals surface area contributed by atoms with Gasteiger partial charge >= 0.3 is 0 Å². The van der Waals surface area contributed by atoms with Gasteiger partial charge in [-0.1, -0.05) is 24.3 Å². The van der Waals surface area contributed by atoms with Gasteiger partial charge in [0.15, 0.2) is 0 Å². The van der Waals surface area contributed by atoms with Gasteiger partial charge in [-0.25, -0.2) is 0 Å². The van der Waals surface area contributed by atoms with E-state index in [0.29, 0.717) is 19.4 Å². The number of carbonyl (C=O) groups excluding carboxylic acids is 1. The van der Waals surface area contributed by atoms with Gasteiger partial charge in [0.25, 0.3) is 0 Å². The van der Waals surface area contributed by atoms with Crippen molar-refractivity contribution < 1.29 is 4.79 Å². The molecule has 0 unspecified atom stereocenters. The normalized spacial score (nSPS) is 9.50. The number of rotatable bonds is 5. The molecule has 0 radical (unpaired) electrons. The number of unbranched alkanes of at least 4 members (excludes halogenated alkanes) is 1. The van der Waals surface area contributed by atoms with Gasteiger partial charge in [-0.2, -0.15) is 5.26 Å². The number of hydrogen-bond acceptors (Lipinski definition) is 2. The van der Waals surface area contributed by atoms with Gasteiger partial charge in [-0.3, -0.25) is 4.79 Å². The summed E-state index contributed by atoms with van der Waals surface area (Å²) in [7, 11) is 0. The predicted molar refractivity (Wildman–Crippen MR) is 62.7 cm³/mol. The maximum atomic E-state index is 11.5. The molecule has 0 aromatic heterocycles. The highest BCUT2D eigenvalue weighted by Gasteiger charge is 2.04. The van der Waals surface area contributed by atoms with Crippen LogP contribution in [0.2, 0.25) is 0 Å². The molecule has 1 amide bonds. The van der Waals surface area contributed by atoms with Crippen molar-refractivity contribution in [2.45, 2.75) is 26.2 Å². The third kappa shape index (κ3) is 4.14. The Kier molecular flexibility index (Phi) is 5.07. The third-order valence-corrected chi connectivity index (χ3v) is 2.40. The van der Waals surface area contributed by atoms with E-state index < -0.39 is 0 Å². The zero-order valence-corrected chi connectivity index (χ0v) is 9.49. The van der Waals surface area contributed by atoms with Crippen LogP contribution in [0, 0.1) is 18.3 Å². The molecule has 1 N–H and O–H groups in total. The Morgan fingerprint density at radius 2 is 2.19 bits per heavy atom. The summed E-state index contributed by atoms with van der Waals surface area (Å²) in [5, 5.41) is 11.1. The van der Waals surface area contributed by atoms with Crippen molar-refractivity contribution in [1.82, 2.24) is 5.32 Å². The number of carbonyl (C=O) groups is 1. The number of benzene rings is 1. The van der Waals surface area contributed by atoms with Gasteiger partial charge in [0, 0.05) is 13.0 Å². The maximum absolute atomic E-state index is 11.5. The molecule has 0 spiro atoms. The fourth-order valence-corrected chi connectivity index (χ4v) is 1.44. The first-order valence-electron chi connectivity index (χ1n) is 5.42. The van der Waals surface area contributed by atoms with Crippen LogP contribution in [0.1, 0.15) is 24.0 Å². The molecule has 0 saturated heterocycles. The SMILES string of the molecule is Cc1ccccc1CC(=O)NCCCC#N. The fourth-order valence-electron chi connectivity index (χ4n) is 1.44. The fraction of sp³-hybridized carbons (Fsp3) is 0.385. The predicted octanol–water partition coefficient (Wildman–Crippen LogP) is 1.96. The second kappa shape index (κ2) is 6.62. The first-order valence-corrected chi connectivity index (χ1v) is 5.42. The zero-order valence-electron chi connectivity index (χ0n) is 9.49. The molecule has 0 aliphatic heterocycles. The molecule has 84 valence electrons. The van der Waals surface area contributed by atoms with Crippen LogP contribution >= 0.6 is 0 Å². The summed E-state index contributed by atoms with van der Waals surface area (Å²) in [5.41, 5.74) is 2.19. The van der Waals surface area contributed by atoms with Crippen LogP contribution in [-0.4, -0.2) is 12.5 Å². The summed E-state index contributed by atoms with van der Waals surface area (Å²) in [5.74, 6) is 0.0206. The first-order chi connectivity index (χ1) is 7.74. The highest BCUT2D eigenvalue weighted by molar-refractivity contribution is 5.78. The molecule has 16 heavy (non-hydrogen) atoms. The summed E-state index contributed by atoms with van der Waals surface area (Å²) in [6.07, 6.45) is 1.62. The van der Waals surface area contributed by atoms with Crippen molar-refractivity contribution in [3.8, 4) is 6.07 Å². The van der Waals surface area contributed by atoms with Crippen LogP contribution in [0.3, 0.4) is 0 Å². The molecule has 0 fully saturated rings. The molecule has 3 nitrogen and oxygen atoms in total. The van der Waals surface area contributed by atoms with E-state index >= 15 is 0 Å². The molecule has 0 bridgehead atoms. The molecule has 1 aromatic rings. The van der Waals surface area contributed by atoms with Crippen LogP contribution in [0.5, 0.6) is 0 Å². The largest absolute Gasteiger partial charge is 0.356 e. The molecule has 0 atom stereocenters. The Hall–Kier alpha value is -1.82. The summed E-state index contributed by atoms with van der Waals surface area (Å²) in [4.78, 5) is 11.5. The quantitative estimate of drug-likeness (QED) is 0.765. The van der Waals surface area contributed by atoms with Crippen molar-refractivity contribution in [1.29, 1.82) is 5.26 Å². The summed E-state index contributed by atoms with van der Waals surface area (Å²) < 4.78 is 0. The first kappa shape index (κ1) is 12.3. The maximum Gasteiger partial charge on any atom is 0.224 e. The average Bonchev–Trinajstić information content (AvgIpc) is 2.28. The minimum atomic E-state index is 0.0206. The van der Waals surface area contributed by atoms with Crippen LogP contribution in [0.25, 0.3) is 0 Å². The molecule has 0 saturated carbocycles. The van der Waals surface area contributed by atoms with Crippen LogP contribution in [-0.2, 0) is 11.2 Å². The van der Waals surface area contributed by atoms with E-state index in [9.17, 15) is 4.79 Å².